The van der Waals surface area contributed by atoms with Crippen molar-refractivity contribution < 1.29 is 97.5 Å². The molecule has 3 aromatic carbocycles. The summed E-state index contributed by atoms with van der Waals surface area (Å²) in [6.07, 6.45) is 3.17. The Morgan fingerprint density at radius 2 is 0.862 bits per heavy atom. The molecule has 0 spiro atoms. The Morgan fingerprint density at radius 1 is 0.414 bits per heavy atom. The van der Waals surface area contributed by atoms with E-state index in [1.54, 1.807) is 70.6 Å². The number of unbranched alkanes of at least 4 members (excludes halogenated alkanes) is 1. The normalized spacial score (nSPS) is 14.9. The van der Waals surface area contributed by atoms with Crippen LogP contribution in [0.2, 0.25) is 0 Å². The molecule has 10 amide bonds. The third kappa shape index (κ3) is 35.3. The SMILES string of the molecule is N=C(N)NCCC[C@H](NC(=O)[C@@H](Cc1ccccc1)NC(=O)[C@H](Cc1cnc[nH]1)NC(=O)CCCc1ccccc1)C(=O)N[C@@H](Cc1c[nH]c2ccccc12)C(=O)NCC(=O)N[C@@H](CCCCNC(=O)C(CCC(=O)O)NC(=O)C(CCC(=O)O)NC(=O)CN1CCN(CC(=O)O)CCN(CC(=O)O)CCN(CC(=O)O)CC1)C(N)=O. The molecule has 3 heterocycles. The molecule has 0 radical (unpaired) electrons. The Balaban J connectivity index is 1.09. The summed E-state index contributed by atoms with van der Waals surface area (Å²) in [7, 11) is 0. The van der Waals surface area contributed by atoms with Gasteiger partial charge in [0.15, 0.2) is 5.96 Å². The number of nitrogens with two attached hydrogens (primary N) is 2. The van der Waals surface area contributed by atoms with Crippen molar-refractivity contribution in [2.24, 2.45) is 11.5 Å². The van der Waals surface area contributed by atoms with E-state index in [0.29, 0.717) is 40.6 Å². The van der Waals surface area contributed by atoms with Crippen LogP contribution in [0.5, 0.6) is 0 Å². The number of nitrogens with zero attached hydrogens (tertiary/aromatic N) is 5. The molecule has 6 rings (SSSR count). The van der Waals surface area contributed by atoms with Crippen molar-refractivity contribution in [3.05, 3.63) is 126 Å². The lowest BCUT2D eigenvalue weighted by Gasteiger charge is -2.33. The summed E-state index contributed by atoms with van der Waals surface area (Å²) in [4.78, 5) is 215. The molecule has 0 saturated carbocycles. The van der Waals surface area contributed by atoms with Crippen LogP contribution in [0.3, 0.4) is 0 Å². The number of carbonyl (C=O) groups is 15. The lowest BCUT2D eigenvalue weighted by Crippen LogP contribution is -2.59. The van der Waals surface area contributed by atoms with E-state index in [4.69, 9.17) is 16.9 Å². The lowest BCUT2D eigenvalue weighted by molar-refractivity contribution is -0.140. The van der Waals surface area contributed by atoms with Crippen molar-refractivity contribution in [3.63, 3.8) is 0 Å². The zero-order valence-electron chi connectivity index (χ0n) is 64.3. The second-order valence-electron chi connectivity index (χ2n) is 28.0. The molecule has 0 bridgehead atoms. The van der Waals surface area contributed by atoms with Crippen molar-refractivity contribution in [3.8, 4) is 0 Å². The Bertz CT molecular complexity index is 4080. The molecule has 1 fully saturated rings. The molecular formula is C76H106N20O20. The van der Waals surface area contributed by atoms with Crippen molar-refractivity contribution in [2.45, 2.75) is 139 Å². The molecule has 1 aliphatic rings. The van der Waals surface area contributed by atoms with Gasteiger partial charge in [-0.05, 0) is 80.5 Å². The minimum Gasteiger partial charge on any atom is -0.481 e. The number of H-pyrrole nitrogens is 2. The number of amides is 10. The number of hydrogen-bond acceptors (Lipinski definition) is 21. The minimum absolute atomic E-state index is 0.0182. The van der Waals surface area contributed by atoms with Gasteiger partial charge in [-0.15, -0.1) is 0 Å². The maximum Gasteiger partial charge on any atom is 0.317 e. The molecule has 7 atom stereocenters. The number of carbonyl (C=O) groups excluding carboxylic acids is 10. The third-order valence-corrected chi connectivity index (χ3v) is 18.9. The van der Waals surface area contributed by atoms with Crippen LogP contribution in [0.25, 0.3) is 10.9 Å². The van der Waals surface area contributed by atoms with Crippen LogP contribution in [-0.2, 0) is 97.6 Å². The summed E-state index contributed by atoms with van der Waals surface area (Å²) in [6, 6.07) is 15.4. The molecule has 1 aliphatic heterocycles. The highest BCUT2D eigenvalue weighted by Crippen LogP contribution is 2.20. The largest absolute Gasteiger partial charge is 0.481 e. The molecule has 40 heteroatoms. The average molecular weight is 1620 g/mol. The number of para-hydroxylation sites is 1. The fourth-order valence-corrected chi connectivity index (χ4v) is 12.8. The van der Waals surface area contributed by atoms with Crippen molar-refractivity contribution in [1.29, 1.82) is 5.41 Å². The number of aromatic amines is 2. The molecule has 22 N–H and O–H groups in total. The van der Waals surface area contributed by atoms with E-state index in [-0.39, 0.29) is 129 Å². The zero-order valence-corrected chi connectivity index (χ0v) is 64.3. The first-order chi connectivity index (χ1) is 55.5. The summed E-state index contributed by atoms with van der Waals surface area (Å²) in [5, 5.41) is 82.6. The number of guanidine groups is 1. The van der Waals surface area contributed by atoms with Crippen molar-refractivity contribution >= 4 is 106 Å². The Morgan fingerprint density at radius 3 is 1.39 bits per heavy atom. The predicted octanol–water partition coefficient (Wildman–Crippen LogP) is -3.31. The van der Waals surface area contributed by atoms with Gasteiger partial charge in [-0.1, -0.05) is 78.9 Å². The standard InChI is InChI=1S/C76H106N20O20/c77-69(110)54(20-9-10-27-81-70(111)56(23-25-64(100)101)90-73(114)57(24-26-65(102)103)87-63(99)43-93-29-31-94(44-66(104)105)33-35-96(46-68(108)109)36-34-95(32-30-93)45-67(106)107)86-62(98)42-84-71(112)59(38-50-40-83-53-19-8-7-18-52(50)53)92-72(113)55(21-12-28-82-76(78)79)89-74(115)58(37-49-15-5-2-6-16-49)91-75(116)60(39-51-41-80-47-85-51)88-61(97)22-11-17-48-13-3-1-4-14-48/h1-8,13-16,18-19,40-41,47,54-60,83H,9-12,17,20-39,42-46H2,(H2,77,110)(H,80,85)(H,81,111)(H,84,112)(H,86,98)(H,87,99)(H,88,97)(H,89,115)(H,90,114)(H,91,116)(H,92,113)(H,100,101)(H,102,103)(H,104,105)(H,106,107)(H,108,109)(H4,78,79,82)/t54-,55-,56?,57?,58+,59-,60-/m0/s1. The van der Waals surface area contributed by atoms with E-state index in [1.165, 1.54) is 22.3 Å². The Hall–Kier alpha value is -12.4. The first-order valence-corrected chi connectivity index (χ1v) is 38.1. The topological polar surface area (TPSA) is 611 Å². The van der Waals surface area contributed by atoms with E-state index in [0.717, 1.165) is 5.56 Å². The first kappa shape index (κ1) is 92.4. The number of primary amides is 1. The van der Waals surface area contributed by atoms with Crippen LogP contribution >= 0.6 is 0 Å². The van der Waals surface area contributed by atoms with Gasteiger partial charge in [-0.2, -0.15) is 0 Å². The summed E-state index contributed by atoms with van der Waals surface area (Å²) < 4.78 is 0. The van der Waals surface area contributed by atoms with Gasteiger partial charge in [-0.3, -0.25) is 96.9 Å². The smallest absolute Gasteiger partial charge is 0.317 e. The number of aryl methyl sites for hydroxylation is 1. The summed E-state index contributed by atoms with van der Waals surface area (Å²) in [6.45, 7) is -2.11. The number of imidazole rings is 1. The van der Waals surface area contributed by atoms with E-state index in [9.17, 15) is 97.5 Å². The molecule has 630 valence electrons. The monoisotopic (exact) mass is 1620 g/mol. The highest BCUT2D eigenvalue weighted by Gasteiger charge is 2.35. The lowest BCUT2D eigenvalue weighted by atomic mass is 10.0. The number of rotatable bonds is 49. The van der Waals surface area contributed by atoms with Crippen LogP contribution in [0.15, 0.2) is 104 Å². The van der Waals surface area contributed by atoms with E-state index >= 15 is 0 Å². The van der Waals surface area contributed by atoms with Crippen LogP contribution in [-0.4, -0.2) is 295 Å². The van der Waals surface area contributed by atoms with Crippen LogP contribution in [0.1, 0.15) is 93.0 Å². The van der Waals surface area contributed by atoms with E-state index < -0.39 is 190 Å². The highest BCUT2D eigenvalue weighted by molar-refractivity contribution is 5.98. The van der Waals surface area contributed by atoms with Crippen molar-refractivity contribution in [1.82, 2.24) is 87.7 Å². The number of carboxylic acids is 5. The number of carboxylic acid groups (broad SMARTS) is 5. The summed E-state index contributed by atoms with van der Waals surface area (Å²) in [5.74, 6) is -15.0. The van der Waals surface area contributed by atoms with Crippen molar-refractivity contribution in [2.75, 3.05) is 98.2 Å². The zero-order chi connectivity index (χ0) is 84.5. The average Bonchev–Trinajstić information content (AvgIpc) is 1.69. The number of benzene rings is 3. The maximum atomic E-state index is 14.8. The van der Waals surface area contributed by atoms with Gasteiger partial charge in [0.05, 0.1) is 39.1 Å². The molecule has 116 heavy (non-hydrogen) atoms. The summed E-state index contributed by atoms with van der Waals surface area (Å²) in [5.41, 5.74) is 14.7. The number of nitrogens with one attached hydrogen (secondary N) is 13. The first-order valence-electron chi connectivity index (χ1n) is 38.1. The molecule has 40 nitrogen and oxygen atoms in total. The van der Waals surface area contributed by atoms with Gasteiger partial charge < -0.3 is 100 Å². The Kier molecular flexibility index (Phi) is 39.3. The number of aliphatic carboxylic acids is 5. The van der Waals surface area contributed by atoms with Gasteiger partial charge in [0.25, 0.3) is 0 Å². The third-order valence-electron chi connectivity index (χ3n) is 18.9. The quantitative estimate of drug-likeness (QED) is 0.0103. The van der Waals surface area contributed by atoms with Crippen LogP contribution in [0.4, 0.5) is 0 Å². The molecular weight excluding hydrogens is 1510 g/mol. The van der Waals surface area contributed by atoms with Gasteiger partial charge >= 0.3 is 29.8 Å². The second-order valence-corrected chi connectivity index (χ2v) is 28.0. The Labute approximate surface area is 668 Å². The minimum atomic E-state index is -1.61. The number of aromatic nitrogens is 3. The highest BCUT2D eigenvalue weighted by atomic mass is 16.4. The van der Waals surface area contributed by atoms with Gasteiger partial charge in [0, 0.05) is 133 Å². The number of fused-ring (bicyclic) bond motifs is 1. The molecule has 2 aromatic heterocycles. The van der Waals surface area contributed by atoms with E-state index in [2.05, 4.69) is 68.1 Å². The van der Waals surface area contributed by atoms with Gasteiger partial charge in [-0.25, -0.2) is 4.98 Å². The fourth-order valence-electron chi connectivity index (χ4n) is 12.8. The van der Waals surface area contributed by atoms with Crippen LogP contribution in [0, 0.1) is 5.41 Å². The van der Waals surface area contributed by atoms with Gasteiger partial charge in [0.1, 0.15) is 42.3 Å². The molecule has 2 unspecified atom stereocenters. The molecule has 5 aromatic rings. The van der Waals surface area contributed by atoms with Crippen LogP contribution < -0.4 is 64.6 Å². The summed E-state index contributed by atoms with van der Waals surface area (Å²) >= 11 is 0. The molecule has 0 aliphatic carbocycles. The second kappa shape index (κ2) is 49.3. The number of hydrogen-bond donors (Lipinski definition) is 20. The maximum absolute atomic E-state index is 14.8. The predicted molar refractivity (Wildman–Crippen MR) is 418 cm³/mol. The van der Waals surface area contributed by atoms with Gasteiger partial charge in [0.2, 0.25) is 59.1 Å². The van der Waals surface area contributed by atoms with E-state index in [1.807, 2.05) is 30.3 Å². The molecule has 1 saturated heterocycles. The fraction of sp³-hybridized carbons (Fsp3) is 0.487.